The number of hydrogen-bond acceptors (Lipinski definition) is 2. The molecule has 2 N–H and O–H groups in total. The minimum absolute atomic E-state index is 0.0376. The van der Waals surface area contributed by atoms with Crippen molar-refractivity contribution in [3.63, 3.8) is 0 Å². The second-order valence-corrected chi connectivity index (χ2v) is 6.36. The number of benzene rings is 1. The second-order valence-electron chi connectivity index (χ2n) is 5.30. The lowest BCUT2D eigenvalue weighted by Gasteiger charge is -2.23. The molecule has 0 aliphatic heterocycles. The lowest BCUT2D eigenvalue weighted by atomic mass is 10.0. The van der Waals surface area contributed by atoms with Crippen molar-refractivity contribution in [2.45, 2.75) is 32.2 Å². The molecule has 2 atom stereocenters. The van der Waals surface area contributed by atoms with Crippen molar-refractivity contribution in [1.82, 2.24) is 9.55 Å². The average Bonchev–Trinajstić information content (AvgIpc) is 2.68. The van der Waals surface area contributed by atoms with Gasteiger partial charge in [-0.1, -0.05) is 25.4 Å². The number of nitrogens with two attached hydrogens (primary N) is 1. The summed E-state index contributed by atoms with van der Waals surface area (Å²) in [5, 5.41) is -0.496. The molecular weight excluding hydrogens is 316 g/mol. The van der Waals surface area contributed by atoms with Crippen molar-refractivity contribution in [2.75, 3.05) is 0 Å². The summed E-state index contributed by atoms with van der Waals surface area (Å²) < 4.78 is 15.3. The van der Waals surface area contributed by atoms with Gasteiger partial charge in [0.05, 0.1) is 21.4 Å². The number of imidazole rings is 1. The Morgan fingerprint density at radius 3 is 2.48 bits per heavy atom. The number of fused-ring (bicyclic) bond motifs is 1. The van der Waals surface area contributed by atoms with Gasteiger partial charge in [-0.2, -0.15) is 0 Å². The van der Waals surface area contributed by atoms with Crippen molar-refractivity contribution in [3.05, 3.63) is 28.8 Å². The molecule has 1 aromatic carbocycles. The first kappa shape index (κ1) is 16.0. The maximum absolute atomic E-state index is 13.6. The van der Waals surface area contributed by atoms with Crippen LogP contribution in [0.1, 0.15) is 38.0 Å². The molecule has 114 valence electrons. The van der Waals surface area contributed by atoms with Gasteiger partial charge in [-0.05, 0) is 18.9 Å². The topological polar surface area (TPSA) is 60.9 Å². The number of alkyl halides is 1. The Balaban J connectivity index is 2.83. The van der Waals surface area contributed by atoms with E-state index in [0.29, 0.717) is 16.9 Å². The maximum atomic E-state index is 13.6. The van der Waals surface area contributed by atoms with Gasteiger partial charge in [0.2, 0.25) is 5.91 Å². The Labute approximate surface area is 132 Å². The molecule has 0 fully saturated rings. The number of amides is 1. The molecule has 2 aromatic rings. The molecule has 0 saturated heterocycles. The van der Waals surface area contributed by atoms with Crippen LogP contribution in [0, 0.1) is 11.7 Å². The molecule has 2 unspecified atom stereocenters. The summed E-state index contributed by atoms with van der Waals surface area (Å²) in [6.45, 7) is 5.47. The highest BCUT2D eigenvalue weighted by molar-refractivity contribution is 6.31. The Bertz CT molecular complexity index is 697. The van der Waals surface area contributed by atoms with Crippen LogP contribution in [0.4, 0.5) is 4.39 Å². The molecule has 0 aliphatic carbocycles. The van der Waals surface area contributed by atoms with Crippen LogP contribution in [-0.2, 0) is 4.79 Å². The first-order chi connectivity index (χ1) is 9.73. The molecule has 4 nitrogen and oxygen atoms in total. The molecule has 0 spiro atoms. The molecule has 0 saturated carbocycles. The molecule has 7 heteroatoms. The van der Waals surface area contributed by atoms with Gasteiger partial charge in [0.15, 0.2) is 0 Å². The summed E-state index contributed by atoms with van der Waals surface area (Å²) in [7, 11) is 0. The third-order valence-electron chi connectivity index (χ3n) is 3.32. The van der Waals surface area contributed by atoms with E-state index in [2.05, 4.69) is 4.98 Å². The van der Waals surface area contributed by atoms with Gasteiger partial charge >= 0.3 is 0 Å². The van der Waals surface area contributed by atoms with Gasteiger partial charge < -0.3 is 10.3 Å². The van der Waals surface area contributed by atoms with Crippen molar-refractivity contribution < 1.29 is 9.18 Å². The summed E-state index contributed by atoms with van der Waals surface area (Å²) in [5.41, 5.74) is 6.46. The van der Waals surface area contributed by atoms with Crippen LogP contribution in [0.15, 0.2) is 12.1 Å². The summed E-state index contributed by atoms with van der Waals surface area (Å²) in [4.78, 5) is 16.2. The molecular formula is C14H16Cl2FN3O. The SMILES string of the molecule is CC(Cl)c1nc2cc(F)c(Cl)cc2n1C(C(N)=O)C(C)C. The Hall–Kier alpha value is -1.33. The minimum atomic E-state index is -0.632. The lowest BCUT2D eigenvalue weighted by molar-refractivity contribution is -0.122. The van der Waals surface area contributed by atoms with Gasteiger partial charge in [-0.25, -0.2) is 9.37 Å². The zero-order chi connectivity index (χ0) is 15.9. The second kappa shape index (κ2) is 5.81. The predicted octanol–water partition coefficient (Wildman–Crippen LogP) is 3.81. The van der Waals surface area contributed by atoms with E-state index in [1.807, 2.05) is 13.8 Å². The number of carbonyl (C=O) groups excluding carboxylic acids is 1. The Morgan fingerprint density at radius 1 is 1.38 bits per heavy atom. The van der Waals surface area contributed by atoms with Crippen LogP contribution < -0.4 is 5.73 Å². The average molecular weight is 332 g/mol. The van der Waals surface area contributed by atoms with E-state index in [0.717, 1.165) is 0 Å². The van der Waals surface area contributed by atoms with Crippen LogP contribution in [0.5, 0.6) is 0 Å². The molecule has 21 heavy (non-hydrogen) atoms. The number of hydrogen-bond donors (Lipinski definition) is 1. The van der Waals surface area contributed by atoms with E-state index >= 15 is 0 Å². The standard InChI is InChI=1S/C14H16Cl2FN3O/c1-6(2)12(13(18)21)20-11-4-8(16)9(17)5-10(11)19-14(20)7(3)15/h4-7,12H,1-3H3,(H2,18,21). The smallest absolute Gasteiger partial charge is 0.240 e. The van der Waals surface area contributed by atoms with Crippen LogP contribution in [0.25, 0.3) is 11.0 Å². The zero-order valence-corrected chi connectivity index (χ0v) is 13.4. The minimum Gasteiger partial charge on any atom is -0.368 e. The highest BCUT2D eigenvalue weighted by Gasteiger charge is 2.28. The number of halogens is 3. The van der Waals surface area contributed by atoms with Crippen molar-refractivity contribution in [2.24, 2.45) is 11.7 Å². The van der Waals surface area contributed by atoms with E-state index in [1.165, 1.54) is 12.1 Å². The van der Waals surface area contributed by atoms with Gasteiger partial charge in [0.25, 0.3) is 0 Å². The largest absolute Gasteiger partial charge is 0.368 e. The predicted molar refractivity (Wildman–Crippen MR) is 82.0 cm³/mol. The Kier molecular flexibility index (Phi) is 4.44. The summed E-state index contributed by atoms with van der Waals surface area (Å²) >= 11 is 12.0. The number of carbonyl (C=O) groups is 1. The van der Waals surface area contributed by atoms with E-state index < -0.39 is 23.1 Å². The van der Waals surface area contributed by atoms with Crippen LogP contribution in [-0.4, -0.2) is 15.5 Å². The fourth-order valence-electron chi connectivity index (χ4n) is 2.44. The molecule has 2 rings (SSSR count). The quantitative estimate of drug-likeness (QED) is 0.866. The highest BCUT2D eigenvalue weighted by Crippen LogP contribution is 2.33. The normalized spacial score (nSPS) is 14.6. The van der Waals surface area contributed by atoms with Gasteiger partial charge in [0.1, 0.15) is 17.7 Å². The van der Waals surface area contributed by atoms with E-state index in [1.54, 1.807) is 11.5 Å². The molecule has 0 radical (unpaired) electrons. The summed E-state index contributed by atoms with van der Waals surface area (Å²) in [6.07, 6.45) is 0. The van der Waals surface area contributed by atoms with Gasteiger partial charge in [-0.3, -0.25) is 4.79 Å². The maximum Gasteiger partial charge on any atom is 0.240 e. The summed E-state index contributed by atoms with van der Waals surface area (Å²) in [5.74, 6) is -0.671. The highest BCUT2D eigenvalue weighted by atomic mass is 35.5. The number of aromatic nitrogens is 2. The Morgan fingerprint density at radius 2 is 2.00 bits per heavy atom. The fourth-order valence-corrected chi connectivity index (χ4v) is 2.75. The number of primary amides is 1. The first-order valence-corrected chi connectivity index (χ1v) is 7.35. The summed E-state index contributed by atoms with van der Waals surface area (Å²) in [6, 6.07) is 2.04. The van der Waals surface area contributed by atoms with E-state index in [9.17, 15) is 9.18 Å². The first-order valence-electron chi connectivity index (χ1n) is 6.54. The van der Waals surface area contributed by atoms with Crippen LogP contribution in [0.2, 0.25) is 5.02 Å². The molecule has 1 aromatic heterocycles. The van der Waals surface area contributed by atoms with E-state index in [4.69, 9.17) is 28.9 Å². The lowest BCUT2D eigenvalue weighted by Crippen LogP contribution is -2.31. The third kappa shape index (κ3) is 2.85. The van der Waals surface area contributed by atoms with Crippen LogP contribution >= 0.6 is 23.2 Å². The zero-order valence-electron chi connectivity index (χ0n) is 11.9. The van der Waals surface area contributed by atoms with Gasteiger partial charge in [0, 0.05) is 6.07 Å². The van der Waals surface area contributed by atoms with E-state index in [-0.39, 0.29) is 10.9 Å². The van der Waals surface area contributed by atoms with Crippen molar-refractivity contribution >= 4 is 40.1 Å². The molecule has 0 bridgehead atoms. The third-order valence-corrected chi connectivity index (χ3v) is 3.80. The van der Waals surface area contributed by atoms with Crippen molar-refractivity contribution in [3.8, 4) is 0 Å². The monoisotopic (exact) mass is 331 g/mol. The fraction of sp³-hybridized carbons (Fsp3) is 0.429. The molecule has 1 heterocycles. The van der Waals surface area contributed by atoms with Gasteiger partial charge in [-0.15, -0.1) is 11.6 Å². The number of rotatable bonds is 4. The molecule has 0 aliphatic rings. The van der Waals surface area contributed by atoms with Crippen molar-refractivity contribution in [1.29, 1.82) is 0 Å². The van der Waals surface area contributed by atoms with Crippen LogP contribution in [0.3, 0.4) is 0 Å². The molecule has 1 amide bonds. The number of nitrogens with zero attached hydrogens (tertiary/aromatic N) is 2.